The second-order valence-corrected chi connectivity index (χ2v) is 5.08. The highest BCUT2D eigenvalue weighted by atomic mass is 32.2. The fraction of sp³-hybridized carbons (Fsp3) is 0.200. The Bertz CT molecular complexity index is 587. The van der Waals surface area contributed by atoms with Crippen LogP contribution in [-0.4, -0.2) is 25.2 Å². The summed E-state index contributed by atoms with van der Waals surface area (Å²) in [7, 11) is -3.70. The summed E-state index contributed by atoms with van der Waals surface area (Å²) in [4.78, 5) is 10.7. The molecule has 0 radical (unpaired) electrons. The van der Waals surface area contributed by atoms with E-state index in [1.54, 1.807) is 6.92 Å². The van der Waals surface area contributed by atoms with E-state index in [-0.39, 0.29) is 11.3 Å². The SMILES string of the molecule is Cc1cc(C(=O)O)ccc1NS(=O)(=O)CC#N. The van der Waals surface area contributed by atoms with Gasteiger partial charge in [-0.15, -0.1) is 0 Å². The van der Waals surface area contributed by atoms with Crippen molar-refractivity contribution in [2.24, 2.45) is 0 Å². The molecule has 0 saturated heterocycles. The van der Waals surface area contributed by atoms with Gasteiger partial charge in [-0.05, 0) is 30.7 Å². The first-order valence-corrected chi connectivity index (χ1v) is 6.22. The van der Waals surface area contributed by atoms with Crippen molar-refractivity contribution in [1.29, 1.82) is 5.26 Å². The zero-order chi connectivity index (χ0) is 13.1. The number of nitrogens with one attached hydrogen (secondary N) is 1. The Hall–Kier alpha value is -2.07. The molecule has 90 valence electrons. The zero-order valence-corrected chi connectivity index (χ0v) is 9.78. The fourth-order valence-corrected chi connectivity index (χ4v) is 2.01. The first kappa shape index (κ1) is 13.0. The number of aryl methyl sites for hydroxylation is 1. The molecule has 0 bridgehead atoms. The van der Waals surface area contributed by atoms with E-state index in [2.05, 4.69) is 4.72 Å². The van der Waals surface area contributed by atoms with Gasteiger partial charge in [0.2, 0.25) is 10.0 Å². The third kappa shape index (κ3) is 3.46. The maximum absolute atomic E-state index is 11.3. The summed E-state index contributed by atoms with van der Waals surface area (Å²) in [5.74, 6) is -1.73. The van der Waals surface area contributed by atoms with Crippen molar-refractivity contribution in [3.8, 4) is 6.07 Å². The van der Waals surface area contributed by atoms with Crippen molar-refractivity contribution in [1.82, 2.24) is 0 Å². The van der Waals surface area contributed by atoms with Gasteiger partial charge < -0.3 is 5.11 Å². The third-order valence-corrected chi connectivity index (χ3v) is 3.03. The van der Waals surface area contributed by atoms with Crippen molar-refractivity contribution < 1.29 is 18.3 Å². The Morgan fingerprint density at radius 2 is 2.18 bits per heavy atom. The summed E-state index contributed by atoms with van der Waals surface area (Å²) in [5.41, 5.74) is 0.822. The molecule has 0 saturated carbocycles. The first-order valence-electron chi connectivity index (χ1n) is 4.57. The van der Waals surface area contributed by atoms with E-state index < -0.39 is 21.7 Å². The summed E-state index contributed by atoms with van der Waals surface area (Å²) >= 11 is 0. The number of sulfonamides is 1. The molecule has 1 rings (SSSR count). The van der Waals surface area contributed by atoms with E-state index in [9.17, 15) is 13.2 Å². The van der Waals surface area contributed by atoms with Gasteiger partial charge in [-0.1, -0.05) is 0 Å². The average molecular weight is 254 g/mol. The Labute approximate surface area is 98.6 Å². The predicted octanol–water partition coefficient (Wildman–Crippen LogP) is 0.959. The molecule has 0 atom stereocenters. The lowest BCUT2D eigenvalue weighted by Crippen LogP contribution is -2.16. The molecule has 0 aromatic heterocycles. The highest BCUT2D eigenvalue weighted by Crippen LogP contribution is 2.17. The number of anilines is 1. The number of hydrogen-bond donors (Lipinski definition) is 2. The van der Waals surface area contributed by atoms with Crippen LogP contribution in [0.4, 0.5) is 5.69 Å². The molecule has 0 fully saturated rings. The number of aromatic carboxylic acids is 1. The number of carboxylic acid groups (broad SMARTS) is 1. The number of benzene rings is 1. The molecule has 6 nitrogen and oxygen atoms in total. The predicted molar refractivity (Wildman–Crippen MR) is 61.2 cm³/mol. The lowest BCUT2D eigenvalue weighted by Gasteiger charge is -2.08. The van der Waals surface area contributed by atoms with Gasteiger partial charge in [0.1, 0.15) is 0 Å². The second kappa shape index (κ2) is 4.84. The van der Waals surface area contributed by atoms with Crippen molar-refractivity contribution in [2.45, 2.75) is 6.92 Å². The Balaban J connectivity index is 3.03. The van der Waals surface area contributed by atoms with E-state index >= 15 is 0 Å². The molecule has 0 unspecified atom stereocenters. The van der Waals surface area contributed by atoms with E-state index in [4.69, 9.17) is 10.4 Å². The third-order valence-electron chi connectivity index (χ3n) is 1.99. The number of nitrogens with zero attached hydrogens (tertiary/aromatic N) is 1. The number of hydrogen-bond acceptors (Lipinski definition) is 4. The lowest BCUT2D eigenvalue weighted by molar-refractivity contribution is 0.0697. The summed E-state index contributed by atoms with van der Waals surface area (Å²) in [5, 5.41) is 17.1. The highest BCUT2D eigenvalue weighted by molar-refractivity contribution is 7.92. The normalized spacial score (nSPS) is 10.6. The zero-order valence-electron chi connectivity index (χ0n) is 8.97. The molecule has 0 aliphatic heterocycles. The number of carboxylic acids is 1. The van der Waals surface area contributed by atoms with Crippen molar-refractivity contribution in [2.75, 3.05) is 10.5 Å². The van der Waals surface area contributed by atoms with Crippen LogP contribution in [0.5, 0.6) is 0 Å². The van der Waals surface area contributed by atoms with Gasteiger partial charge in [0.05, 0.1) is 17.3 Å². The van der Waals surface area contributed by atoms with Crippen LogP contribution in [0, 0.1) is 18.3 Å². The first-order chi connectivity index (χ1) is 7.85. The van der Waals surface area contributed by atoms with Crippen LogP contribution >= 0.6 is 0 Å². The molecule has 0 amide bonds. The Morgan fingerprint density at radius 1 is 1.53 bits per heavy atom. The van der Waals surface area contributed by atoms with Gasteiger partial charge in [-0.25, -0.2) is 13.2 Å². The largest absolute Gasteiger partial charge is 0.478 e. The molecule has 2 N–H and O–H groups in total. The number of rotatable bonds is 4. The minimum absolute atomic E-state index is 0.0748. The van der Waals surface area contributed by atoms with Crippen LogP contribution < -0.4 is 4.72 Å². The molecule has 0 aliphatic rings. The smallest absolute Gasteiger partial charge is 0.335 e. The van der Waals surface area contributed by atoms with E-state index in [0.29, 0.717) is 5.56 Å². The van der Waals surface area contributed by atoms with Gasteiger partial charge in [0, 0.05) is 0 Å². The van der Waals surface area contributed by atoms with Crippen LogP contribution in [0.15, 0.2) is 18.2 Å². The molecule has 1 aromatic carbocycles. The minimum atomic E-state index is -3.70. The molecule has 7 heteroatoms. The van der Waals surface area contributed by atoms with Gasteiger partial charge in [-0.2, -0.15) is 5.26 Å². The molecule has 0 aliphatic carbocycles. The highest BCUT2D eigenvalue weighted by Gasteiger charge is 2.12. The monoisotopic (exact) mass is 254 g/mol. The van der Waals surface area contributed by atoms with Gasteiger partial charge in [0.15, 0.2) is 5.75 Å². The standard InChI is InChI=1S/C10H10N2O4S/c1-7-6-8(10(13)14)2-3-9(7)12-17(15,16)5-4-11/h2-3,6,12H,5H2,1H3,(H,13,14). The van der Waals surface area contributed by atoms with Crippen molar-refractivity contribution in [3.05, 3.63) is 29.3 Å². The summed E-state index contributed by atoms with van der Waals surface area (Å²) in [6, 6.07) is 5.53. The summed E-state index contributed by atoms with van der Waals surface area (Å²) < 4.78 is 24.9. The van der Waals surface area contributed by atoms with Gasteiger partial charge in [-0.3, -0.25) is 4.72 Å². The van der Waals surface area contributed by atoms with Crippen LogP contribution in [0.3, 0.4) is 0 Å². The molecule has 0 spiro atoms. The number of carbonyl (C=O) groups is 1. The quantitative estimate of drug-likeness (QED) is 0.832. The van der Waals surface area contributed by atoms with Crippen LogP contribution in [-0.2, 0) is 10.0 Å². The van der Waals surface area contributed by atoms with E-state index in [0.717, 1.165) is 0 Å². The Kier molecular flexibility index (Phi) is 3.70. The van der Waals surface area contributed by atoms with Gasteiger partial charge in [0.25, 0.3) is 0 Å². The van der Waals surface area contributed by atoms with Crippen LogP contribution in [0.2, 0.25) is 0 Å². The number of nitriles is 1. The molecule has 1 aromatic rings. The second-order valence-electron chi connectivity index (χ2n) is 3.35. The molecular formula is C10H10N2O4S. The maximum Gasteiger partial charge on any atom is 0.335 e. The molecular weight excluding hydrogens is 244 g/mol. The minimum Gasteiger partial charge on any atom is -0.478 e. The Morgan fingerprint density at radius 3 is 2.65 bits per heavy atom. The maximum atomic E-state index is 11.3. The van der Waals surface area contributed by atoms with Crippen LogP contribution in [0.1, 0.15) is 15.9 Å². The topological polar surface area (TPSA) is 107 Å². The van der Waals surface area contributed by atoms with Gasteiger partial charge >= 0.3 is 5.97 Å². The van der Waals surface area contributed by atoms with E-state index in [1.165, 1.54) is 24.3 Å². The van der Waals surface area contributed by atoms with Crippen molar-refractivity contribution in [3.63, 3.8) is 0 Å². The summed E-state index contributed by atoms with van der Waals surface area (Å²) in [6.07, 6.45) is 0. The summed E-state index contributed by atoms with van der Waals surface area (Å²) in [6.45, 7) is 1.58. The molecule has 0 heterocycles. The lowest BCUT2D eigenvalue weighted by atomic mass is 10.1. The van der Waals surface area contributed by atoms with E-state index in [1.807, 2.05) is 0 Å². The van der Waals surface area contributed by atoms with Crippen molar-refractivity contribution >= 4 is 21.7 Å². The average Bonchev–Trinajstić information content (AvgIpc) is 2.20. The van der Waals surface area contributed by atoms with Crippen LogP contribution in [0.25, 0.3) is 0 Å². The molecule has 17 heavy (non-hydrogen) atoms. The fourth-order valence-electron chi connectivity index (χ4n) is 1.20.